The number of carbonyl (C=O) groups excluding carboxylic acids is 1. The van der Waals surface area contributed by atoms with Gasteiger partial charge < -0.3 is 20.1 Å². The fourth-order valence-corrected chi connectivity index (χ4v) is 2.95. The van der Waals surface area contributed by atoms with E-state index in [9.17, 15) is 9.90 Å². The number of hydrogen-bond donors (Lipinski definition) is 2. The van der Waals surface area contributed by atoms with Crippen LogP contribution < -0.4 is 10.1 Å². The van der Waals surface area contributed by atoms with Crippen molar-refractivity contribution in [3.63, 3.8) is 0 Å². The van der Waals surface area contributed by atoms with Crippen molar-refractivity contribution in [1.29, 1.82) is 0 Å². The molecule has 5 nitrogen and oxygen atoms in total. The SMILES string of the molecule is Cc1ccc(NC(=O)N2CCC(CO)C2)c(OCc2ccccc2)c1. The van der Waals surface area contributed by atoms with Crippen molar-refractivity contribution in [2.24, 2.45) is 5.92 Å². The minimum Gasteiger partial charge on any atom is -0.487 e. The number of amides is 2. The van der Waals surface area contributed by atoms with Gasteiger partial charge in [0.05, 0.1) is 5.69 Å². The van der Waals surface area contributed by atoms with Crippen molar-refractivity contribution in [2.45, 2.75) is 20.0 Å². The molecule has 2 amide bonds. The molecule has 25 heavy (non-hydrogen) atoms. The summed E-state index contributed by atoms with van der Waals surface area (Å²) < 4.78 is 5.94. The van der Waals surface area contributed by atoms with Crippen LogP contribution in [0.15, 0.2) is 48.5 Å². The van der Waals surface area contributed by atoms with Crippen molar-refractivity contribution in [1.82, 2.24) is 4.90 Å². The van der Waals surface area contributed by atoms with Crippen LogP contribution in [-0.4, -0.2) is 35.7 Å². The largest absolute Gasteiger partial charge is 0.487 e. The van der Waals surface area contributed by atoms with E-state index in [1.165, 1.54) is 0 Å². The van der Waals surface area contributed by atoms with E-state index < -0.39 is 0 Å². The summed E-state index contributed by atoms with van der Waals surface area (Å²) in [6, 6.07) is 15.5. The topological polar surface area (TPSA) is 61.8 Å². The molecule has 0 aromatic heterocycles. The molecule has 1 atom stereocenters. The van der Waals surface area contributed by atoms with E-state index in [0.29, 0.717) is 31.1 Å². The van der Waals surface area contributed by atoms with Gasteiger partial charge in [0.2, 0.25) is 0 Å². The van der Waals surface area contributed by atoms with Gasteiger partial charge in [-0.25, -0.2) is 4.79 Å². The van der Waals surface area contributed by atoms with Gasteiger partial charge in [-0.3, -0.25) is 0 Å². The summed E-state index contributed by atoms with van der Waals surface area (Å²) in [7, 11) is 0. The van der Waals surface area contributed by atoms with E-state index in [-0.39, 0.29) is 18.6 Å². The number of anilines is 1. The Morgan fingerprint density at radius 1 is 1.28 bits per heavy atom. The maximum atomic E-state index is 12.5. The minimum absolute atomic E-state index is 0.125. The van der Waals surface area contributed by atoms with Gasteiger partial charge in [-0.15, -0.1) is 0 Å². The summed E-state index contributed by atoms with van der Waals surface area (Å²) in [6.45, 7) is 3.83. The summed E-state index contributed by atoms with van der Waals surface area (Å²) in [5.41, 5.74) is 2.81. The molecule has 2 aromatic rings. The highest BCUT2D eigenvalue weighted by atomic mass is 16.5. The molecule has 3 rings (SSSR count). The smallest absolute Gasteiger partial charge is 0.321 e. The Morgan fingerprint density at radius 3 is 2.80 bits per heavy atom. The molecule has 2 N–H and O–H groups in total. The fraction of sp³-hybridized carbons (Fsp3) is 0.350. The number of nitrogens with zero attached hydrogens (tertiary/aromatic N) is 1. The van der Waals surface area contributed by atoms with Crippen LogP contribution in [0, 0.1) is 12.8 Å². The van der Waals surface area contributed by atoms with Gasteiger partial charge in [0.1, 0.15) is 12.4 Å². The van der Waals surface area contributed by atoms with Crippen molar-refractivity contribution in [2.75, 3.05) is 25.0 Å². The van der Waals surface area contributed by atoms with Gasteiger partial charge in [0.25, 0.3) is 0 Å². The number of hydrogen-bond acceptors (Lipinski definition) is 3. The van der Waals surface area contributed by atoms with E-state index in [1.54, 1.807) is 4.90 Å². The molecule has 0 aliphatic carbocycles. The molecule has 0 spiro atoms. The van der Waals surface area contributed by atoms with E-state index in [4.69, 9.17) is 4.74 Å². The molecule has 1 saturated heterocycles. The van der Waals surface area contributed by atoms with Crippen molar-refractivity contribution in [3.05, 3.63) is 59.7 Å². The summed E-state index contributed by atoms with van der Waals surface area (Å²) in [5, 5.41) is 12.2. The standard InChI is InChI=1S/C20H24N2O3/c1-15-7-8-18(21-20(24)22-10-9-17(12-22)13-23)19(11-15)25-14-16-5-3-2-4-6-16/h2-8,11,17,23H,9-10,12-14H2,1H3,(H,21,24). The Balaban J connectivity index is 1.67. The Kier molecular flexibility index (Phi) is 5.56. The van der Waals surface area contributed by atoms with Gasteiger partial charge in [0, 0.05) is 25.6 Å². The average Bonchev–Trinajstić information content (AvgIpc) is 3.12. The predicted octanol–water partition coefficient (Wildman–Crippen LogP) is 3.42. The van der Waals surface area contributed by atoms with Crippen LogP contribution in [0.25, 0.3) is 0 Å². The highest BCUT2D eigenvalue weighted by Crippen LogP contribution is 2.27. The lowest BCUT2D eigenvalue weighted by Crippen LogP contribution is -2.33. The monoisotopic (exact) mass is 340 g/mol. The quantitative estimate of drug-likeness (QED) is 0.877. The lowest BCUT2D eigenvalue weighted by atomic mass is 10.1. The predicted molar refractivity (Wildman–Crippen MR) is 97.7 cm³/mol. The highest BCUT2D eigenvalue weighted by Gasteiger charge is 2.26. The van der Waals surface area contributed by atoms with E-state index in [2.05, 4.69) is 5.32 Å². The number of aliphatic hydroxyl groups excluding tert-OH is 1. The molecule has 1 unspecified atom stereocenters. The van der Waals surface area contributed by atoms with Crippen LogP contribution in [0.1, 0.15) is 17.5 Å². The van der Waals surface area contributed by atoms with Gasteiger partial charge in [-0.2, -0.15) is 0 Å². The molecule has 2 aromatic carbocycles. The number of likely N-dealkylation sites (tertiary alicyclic amines) is 1. The number of rotatable bonds is 5. The summed E-state index contributed by atoms with van der Waals surface area (Å²) in [4.78, 5) is 14.2. The number of ether oxygens (including phenoxy) is 1. The van der Waals surface area contributed by atoms with Gasteiger partial charge in [0.15, 0.2) is 0 Å². The second-order valence-corrected chi connectivity index (χ2v) is 6.49. The zero-order chi connectivity index (χ0) is 17.6. The number of benzene rings is 2. The fourth-order valence-electron chi connectivity index (χ4n) is 2.95. The van der Waals surface area contributed by atoms with Gasteiger partial charge >= 0.3 is 6.03 Å². The molecule has 0 radical (unpaired) electrons. The normalized spacial score (nSPS) is 16.7. The molecule has 0 saturated carbocycles. The Hall–Kier alpha value is -2.53. The van der Waals surface area contributed by atoms with Crippen molar-refractivity contribution >= 4 is 11.7 Å². The molecule has 0 bridgehead atoms. The van der Waals surface area contributed by atoms with Crippen LogP contribution in [0.4, 0.5) is 10.5 Å². The number of urea groups is 1. The molecule has 1 fully saturated rings. The third-order valence-corrected chi connectivity index (χ3v) is 4.45. The van der Waals surface area contributed by atoms with Crippen LogP contribution in [0.2, 0.25) is 0 Å². The molecule has 5 heteroatoms. The zero-order valence-corrected chi connectivity index (χ0v) is 14.4. The highest BCUT2D eigenvalue weighted by molar-refractivity contribution is 5.91. The lowest BCUT2D eigenvalue weighted by molar-refractivity contribution is 0.208. The third kappa shape index (κ3) is 4.51. The first-order valence-corrected chi connectivity index (χ1v) is 8.60. The first-order valence-electron chi connectivity index (χ1n) is 8.60. The molecule has 1 aliphatic heterocycles. The Morgan fingerprint density at radius 2 is 2.08 bits per heavy atom. The van der Waals surface area contributed by atoms with Crippen LogP contribution in [-0.2, 0) is 6.61 Å². The number of nitrogens with one attached hydrogen (secondary N) is 1. The molecular formula is C20H24N2O3. The van der Waals surface area contributed by atoms with E-state index >= 15 is 0 Å². The Bertz CT molecular complexity index is 718. The lowest BCUT2D eigenvalue weighted by Gasteiger charge is -2.19. The first kappa shape index (κ1) is 17.3. The summed E-state index contributed by atoms with van der Waals surface area (Å²) in [5.74, 6) is 0.840. The Labute approximate surface area is 148 Å². The third-order valence-electron chi connectivity index (χ3n) is 4.45. The number of aryl methyl sites for hydroxylation is 1. The number of carbonyl (C=O) groups is 1. The molecule has 132 valence electrons. The van der Waals surface area contributed by atoms with Crippen molar-refractivity contribution in [3.8, 4) is 5.75 Å². The second-order valence-electron chi connectivity index (χ2n) is 6.49. The van der Waals surface area contributed by atoms with Gasteiger partial charge in [-0.1, -0.05) is 36.4 Å². The number of aliphatic hydroxyl groups is 1. The molecule has 1 heterocycles. The van der Waals surface area contributed by atoms with E-state index in [1.807, 2.05) is 55.5 Å². The second kappa shape index (κ2) is 8.03. The maximum Gasteiger partial charge on any atom is 0.321 e. The zero-order valence-electron chi connectivity index (χ0n) is 14.4. The van der Waals surface area contributed by atoms with Crippen LogP contribution >= 0.6 is 0 Å². The summed E-state index contributed by atoms with van der Waals surface area (Å²) in [6.07, 6.45) is 0.842. The first-order chi connectivity index (χ1) is 12.2. The van der Waals surface area contributed by atoms with Crippen LogP contribution in [0.5, 0.6) is 5.75 Å². The van der Waals surface area contributed by atoms with Crippen molar-refractivity contribution < 1.29 is 14.6 Å². The molecular weight excluding hydrogens is 316 g/mol. The maximum absolute atomic E-state index is 12.5. The minimum atomic E-state index is -0.149. The summed E-state index contributed by atoms with van der Waals surface area (Å²) >= 11 is 0. The average molecular weight is 340 g/mol. The molecule has 1 aliphatic rings. The van der Waals surface area contributed by atoms with Gasteiger partial charge in [-0.05, 0) is 36.6 Å². The van der Waals surface area contributed by atoms with Crippen LogP contribution in [0.3, 0.4) is 0 Å². The van der Waals surface area contributed by atoms with E-state index in [0.717, 1.165) is 17.5 Å².